The van der Waals surface area contributed by atoms with Crippen molar-refractivity contribution < 1.29 is 0 Å². The van der Waals surface area contributed by atoms with E-state index in [0.717, 1.165) is 17.8 Å². The summed E-state index contributed by atoms with van der Waals surface area (Å²) in [4.78, 5) is 0. The van der Waals surface area contributed by atoms with Gasteiger partial charge in [-0.05, 0) is 30.6 Å². The van der Waals surface area contributed by atoms with Crippen molar-refractivity contribution in [1.29, 1.82) is 0 Å². The number of rotatable bonds is 3. The smallest absolute Gasteiger partial charge is 0.00723 e. The molecule has 0 aliphatic heterocycles. The van der Waals surface area contributed by atoms with Crippen LogP contribution < -0.4 is 5.73 Å². The van der Waals surface area contributed by atoms with Gasteiger partial charge >= 0.3 is 0 Å². The predicted molar refractivity (Wildman–Crippen MR) is 61.1 cm³/mol. The molecule has 0 aromatic rings. The first-order valence-electron chi connectivity index (χ1n) is 6.53. The Morgan fingerprint density at radius 3 is 2.36 bits per heavy atom. The lowest BCUT2D eigenvalue weighted by atomic mass is 9.71. The fourth-order valence-electron chi connectivity index (χ4n) is 3.27. The Morgan fingerprint density at radius 1 is 1.07 bits per heavy atom. The molecule has 0 spiro atoms. The van der Waals surface area contributed by atoms with Crippen LogP contribution >= 0.6 is 0 Å². The van der Waals surface area contributed by atoms with Gasteiger partial charge in [-0.3, -0.25) is 0 Å². The van der Waals surface area contributed by atoms with Gasteiger partial charge < -0.3 is 5.73 Å². The van der Waals surface area contributed by atoms with E-state index >= 15 is 0 Å². The van der Waals surface area contributed by atoms with Gasteiger partial charge in [-0.2, -0.15) is 0 Å². The van der Waals surface area contributed by atoms with E-state index in [1.54, 1.807) is 0 Å². The van der Waals surface area contributed by atoms with E-state index in [0.29, 0.717) is 6.04 Å². The molecule has 2 aliphatic rings. The van der Waals surface area contributed by atoms with E-state index in [4.69, 9.17) is 5.73 Å². The summed E-state index contributed by atoms with van der Waals surface area (Å²) in [6.07, 6.45) is 11.4. The Hall–Kier alpha value is -0.0400. The average Bonchev–Trinajstić information content (AvgIpc) is 2.12. The van der Waals surface area contributed by atoms with Crippen LogP contribution in [0.1, 0.15) is 58.3 Å². The molecule has 0 heterocycles. The highest BCUT2D eigenvalue weighted by atomic mass is 14.7. The van der Waals surface area contributed by atoms with Gasteiger partial charge in [0.15, 0.2) is 0 Å². The summed E-state index contributed by atoms with van der Waals surface area (Å²) in [5, 5.41) is 0. The molecule has 82 valence electrons. The molecular formula is C13H25N. The van der Waals surface area contributed by atoms with Crippen LogP contribution in [0.25, 0.3) is 0 Å². The van der Waals surface area contributed by atoms with Crippen molar-refractivity contribution >= 4 is 0 Å². The molecule has 0 bridgehead atoms. The van der Waals surface area contributed by atoms with Gasteiger partial charge in [0.1, 0.15) is 0 Å². The first-order valence-corrected chi connectivity index (χ1v) is 6.53. The summed E-state index contributed by atoms with van der Waals surface area (Å²) in [6, 6.07) is 0.510. The quantitative estimate of drug-likeness (QED) is 0.734. The molecule has 2 fully saturated rings. The van der Waals surface area contributed by atoms with Crippen molar-refractivity contribution in [3.05, 3.63) is 0 Å². The van der Waals surface area contributed by atoms with Gasteiger partial charge in [0.05, 0.1) is 0 Å². The Bertz CT molecular complexity index is 174. The largest absolute Gasteiger partial charge is 0.327 e. The SMILES string of the molecule is CC1CCCCC1C(N)CC1CCC1. The molecule has 0 saturated heterocycles. The third-order valence-electron chi connectivity index (χ3n) is 4.56. The van der Waals surface area contributed by atoms with Crippen molar-refractivity contribution in [3.8, 4) is 0 Å². The zero-order chi connectivity index (χ0) is 9.97. The summed E-state index contributed by atoms with van der Waals surface area (Å²) in [5.74, 6) is 2.71. The minimum Gasteiger partial charge on any atom is -0.327 e. The van der Waals surface area contributed by atoms with E-state index in [-0.39, 0.29) is 0 Å². The molecule has 2 N–H and O–H groups in total. The monoisotopic (exact) mass is 195 g/mol. The van der Waals surface area contributed by atoms with Gasteiger partial charge in [0.2, 0.25) is 0 Å². The van der Waals surface area contributed by atoms with E-state index in [1.165, 1.54) is 51.4 Å². The molecule has 2 rings (SSSR count). The highest BCUT2D eigenvalue weighted by molar-refractivity contribution is 4.84. The van der Waals surface area contributed by atoms with Crippen molar-refractivity contribution in [1.82, 2.24) is 0 Å². The van der Waals surface area contributed by atoms with Gasteiger partial charge in [-0.1, -0.05) is 45.4 Å². The van der Waals surface area contributed by atoms with Crippen molar-refractivity contribution in [2.24, 2.45) is 23.5 Å². The summed E-state index contributed by atoms with van der Waals surface area (Å²) in [7, 11) is 0. The molecule has 0 amide bonds. The second-order valence-electron chi connectivity index (χ2n) is 5.62. The molecule has 1 nitrogen and oxygen atoms in total. The fraction of sp³-hybridized carbons (Fsp3) is 1.00. The summed E-state index contributed by atoms with van der Waals surface area (Å²) < 4.78 is 0. The molecular weight excluding hydrogens is 170 g/mol. The normalized spacial score (nSPS) is 36.4. The average molecular weight is 195 g/mol. The molecule has 0 aromatic carbocycles. The molecule has 1 heteroatoms. The predicted octanol–water partition coefficient (Wildman–Crippen LogP) is 3.33. The van der Waals surface area contributed by atoms with E-state index in [1.807, 2.05) is 0 Å². The van der Waals surface area contributed by atoms with Crippen LogP contribution in [0.2, 0.25) is 0 Å². The van der Waals surface area contributed by atoms with Crippen molar-refractivity contribution in [3.63, 3.8) is 0 Å². The maximum absolute atomic E-state index is 6.35. The van der Waals surface area contributed by atoms with E-state index in [2.05, 4.69) is 6.92 Å². The zero-order valence-electron chi connectivity index (χ0n) is 9.54. The van der Waals surface area contributed by atoms with Gasteiger partial charge in [-0.25, -0.2) is 0 Å². The number of hydrogen-bond donors (Lipinski definition) is 1. The summed E-state index contributed by atoms with van der Waals surface area (Å²) in [6.45, 7) is 2.41. The lowest BCUT2D eigenvalue weighted by Gasteiger charge is -2.37. The topological polar surface area (TPSA) is 26.0 Å². The Morgan fingerprint density at radius 2 is 1.79 bits per heavy atom. The Kier molecular flexibility index (Phi) is 3.48. The van der Waals surface area contributed by atoms with Gasteiger partial charge in [0, 0.05) is 6.04 Å². The number of nitrogens with two attached hydrogens (primary N) is 1. The molecule has 3 atom stereocenters. The van der Waals surface area contributed by atoms with Gasteiger partial charge in [0.25, 0.3) is 0 Å². The highest BCUT2D eigenvalue weighted by Crippen LogP contribution is 2.37. The standard InChI is InChI=1S/C13H25N/c1-10-5-2-3-8-12(10)13(14)9-11-6-4-7-11/h10-13H,2-9,14H2,1H3. The highest BCUT2D eigenvalue weighted by Gasteiger charge is 2.29. The Labute approximate surface area is 88.4 Å². The van der Waals surface area contributed by atoms with E-state index in [9.17, 15) is 0 Å². The van der Waals surface area contributed by atoms with Crippen LogP contribution in [0.5, 0.6) is 0 Å². The second-order valence-corrected chi connectivity index (χ2v) is 5.62. The number of hydrogen-bond acceptors (Lipinski definition) is 1. The summed E-state index contributed by atoms with van der Waals surface area (Å²) in [5.41, 5.74) is 6.35. The first kappa shape index (κ1) is 10.5. The lowest BCUT2D eigenvalue weighted by Crippen LogP contribution is -2.38. The maximum Gasteiger partial charge on any atom is 0.00723 e. The second kappa shape index (κ2) is 4.65. The third-order valence-corrected chi connectivity index (χ3v) is 4.56. The molecule has 2 saturated carbocycles. The van der Waals surface area contributed by atoms with Crippen molar-refractivity contribution in [2.45, 2.75) is 64.3 Å². The van der Waals surface area contributed by atoms with Crippen LogP contribution in [0.4, 0.5) is 0 Å². The first-order chi connectivity index (χ1) is 6.77. The minimum atomic E-state index is 0.510. The molecule has 2 aliphatic carbocycles. The molecule has 14 heavy (non-hydrogen) atoms. The van der Waals surface area contributed by atoms with Gasteiger partial charge in [-0.15, -0.1) is 0 Å². The van der Waals surface area contributed by atoms with Crippen LogP contribution in [-0.2, 0) is 0 Å². The fourth-order valence-corrected chi connectivity index (χ4v) is 3.27. The molecule has 0 aromatic heterocycles. The maximum atomic E-state index is 6.35. The van der Waals surface area contributed by atoms with Crippen LogP contribution in [0, 0.1) is 17.8 Å². The van der Waals surface area contributed by atoms with Crippen LogP contribution in [0.15, 0.2) is 0 Å². The molecule has 0 radical (unpaired) electrons. The third kappa shape index (κ3) is 2.31. The van der Waals surface area contributed by atoms with Crippen LogP contribution in [0.3, 0.4) is 0 Å². The Balaban J connectivity index is 1.79. The van der Waals surface area contributed by atoms with Crippen LogP contribution in [-0.4, -0.2) is 6.04 Å². The zero-order valence-corrected chi connectivity index (χ0v) is 9.54. The minimum absolute atomic E-state index is 0.510. The van der Waals surface area contributed by atoms with E-state index < -0.39 is 0 Å². The van der Waals surface area contributed by atoms with Crippen molar-refractivity contribution in [2.75, 3.05) is 0 Å². The summed E-state index contributed by atoms with van der Waals surface area (Å²) >= 11 is 0. The molecule has 3 unspecified atom stereocenters. The lowest BCUT2D eigenvalue weighted by molar-refractivity contribution is 0.174.